The van der Waals surface area contributed by atoms with Crippen molar-refractivity contribution in [2.75, 3.05) is 36.8 Å². The van der Waals surface area contributed by atoms with Crippen molar-refractivity contribution in [3.8, 4) is 11.1 Å². The van der Waals surface area contributed by atoms with Crippen LogP contribution in [0, 0.1) is 0 Å². The maximum absolute atomic E-state index is 13.1. The lowest BCUT2D eigenvalue weighted by Gasteiger charge is -2.35. The minimum Gasteiger partial charge on any atom is -0.465 e. The Balaban J connectivity index is 1.31. The normalized spacial score (nSPS) is 15.3. The number of hydrogen-bond donors (Lipinski definition) is 2. The number of aromatic nitrogens is 3. The van der Waals surface area contributed by atoms with Crippen LogP contribution in [-0.2, 0) is 16.4 Å². The highest BCUT2D eigenvalue weighted by Crippen LogP contribution is 2.23. The summed E-state index contributed by atoms with van der Waals surface area (Å²) < 4.78 is 27.6. The van der Waals surface area contributed by atoms with Crippen molar-refractivity contribution < 1.29 is 18.3 Å². The van der Waals surface area contributed by atoms with Gasteiger partial charge in [-0.05, 0) is 48.7 Å². The van der Waals surface area contributed by atoms with Gasteiger partial charge in [0.1, 0.15) is 11.6 Å². The highest BCUT2D eigenvalue weighted by molar-refractivity contribution is 7.89. The third-order valence-electron chi connectivity index (χ3n) is 6.19. The highest BCUT2D eigenvalue weighted by Gasteiger charge is 2.30. The Morgan fingerprint density at radius 2 is 1.68 bits per heavy atom. The summed E-state index contributed by atoms with van der Waals surface area (Å²) in [7, 11) is -3.66. The Bertz CT molecular complexity index is 1270. The average molecular weight is 545 g/mol. The summed E-state index contributed by atoms with van der Waals surface area (Å²) in [6, 6.07) is 12.4. The molecule has 4 rings (SSSR count). The summed E-state index contributed by atoms with van der Waals surface area (Å²) in [6.07, 6.45) is 5.31. The molecule has 1 aromatic carbocycles. The zero-order valence-corrected chi connectivity index (χ0v) is 21.8. The van der Waals surface area contributed by atoms with Crippen LogP contribution in [0.3, 0.4) is 0 Å². The van der Waals surface area contributed by atoms with Crippen LogP contribution in [0.5, 0.6) is 0 Å². The first-order chi connectivity index (χ1) is 17.8. The number of hydrogen-bond acceptors (Lipinski definition) is 7. The smallest absolute Gasteiger partial charge is 0.404 e. The third kappa shape index (κ3) is 7.61. The van der Waals surface area contributed by atoms with Crippen LogP contribution in [0.25, 0.3) is 11.1 Å². The van der Waals surface area contributed by atoms with E-state index in [1.807, 2.05) is 41.3 Å². The first-order valence-corrected chi connectivity index (χ1v) is 14.0. The van der Waals surface area contributed by atoms with Gasteiger partial charge in [0, 0.05) is 67.8 Å². The van der Waals surface area contributed by atoms with Crippen molar-refractivity contribution in [1.82, 2.24) is 24.6 Å². The highest BCUT2D eigenvalue weighted by atomic mass is 35.5. The monoisotopic (exact) mass is 544 g/mol. The zero-order chi connectivity index (χ0) is 26.3. The van der Waals surface area contributed by atoms with Gasteiger partial charge in [0.2, 0.25) is 10.0 Å². The van der Waals surface area contributed by atoms with E-state index < -0.39 is 22.2 Å². The van der Waals surface area contributed by atoms with Crippen LogP contribution < -0.4 is 10.2 Å². The van der Waals surface area contributed by atoms with Gasteiger partial charge in [-0.1, -0.05) is 23.7 Å². The number of aryl methyl sites for hydroxylation is 1. The molecule has 1 aliphatic rings. The number of nitrogens with zero attached hydrogens (tertiary/aromatic N) is 5. The lowest BCUT2D eigenvalue weighted by atomic mass is 10.1. The van der Waals surface area contributed by atoms with E-state index in [1.54, 1.807) is 24.7 Å². The van der Waals surface area contributed by atoms with Gasteiger partial charge in [-0.3, -0.25) is 0 Å². The Morgan fingerprint density at radius 1 is 1.00 bits per heavy atom. The van der Waals surface area contributed by atoms with E-state index in [-0.39, 0.29) is 5.75 Å². The Kier molecular flexibility index (Phi) is 8.91. The summed E-state index contributed by atoms with van der Waals surface area (Å²) in [4.78, 5) is 26.2. The molecule has 3 heterocycles. The van der Waals surface area contributed by atoms with Gasteiger partial charge in [0.15, 0.2) is 0 Å². The average Bonchev–Trinajstić information content (AvgIpc) is 2.89. The van der Waals surface area contributed by atoms with Crippen LogP contribution in [0.15, 0.2) is 61.1 Å². The van der Waals surface area contributed by atoms with Gasteiger partial charge >= 0.3 is 6.09 Å². The molecule has 0 bridgehead atoms. The van der Waals surface area contributed by atoms with Gasteiger partial charge in [-0.15, -0.1) is 0 Å². The number of sulfonamides is 1. The molecule has 1 saturated heterocycles. The summed E-state index contributed by atoms with van der Waals surface area (Å²) >= 11 is 5.96. The van der Waals surface area contributed by atoms with Gasteiger partial charge < -0.3 is 15.3 Å². The molecule has 12 heteroatoms. The maximum Gasteiger partial charge on any atom is 0.404 e. The molecule has 2 aromatic heterocycles. The fourth-order valence-corrected chi connectivity index (χ4v) is 6.09. The molecule has 0 spiro atoms. The lowest BCUT2D eigenvalue weighted by Crippen LogP contribution is -2.51. The number of amides is 1. The quantitative estimate of drug-likeness (QED) is 0.398. The molecule has 196 valence electrons. The molecule has 3 aromatic rings. The topological polar surface area (TPSA) is 129 Å². The van der Waals surface area contributed by atoms with E-state index in [0.717, 1.165) is 16.9 Å². The number of rotatable bonds is 10. The van der Waals surface area contributed by atoms with Gasteiger partial charge in [0.05, 0.1) is 5.75 Å². The lowest BCUT2D eigenvalue weighted by molar-refractivity contribution is 0.190. The molecule has 37 heavy (non-hydrogen) atoms. The number of anilines is 1. The van der Waals surface area contributed by atoms with E-state index in [0.29, 0.717) is 56.3 Å². The second kappa shape index (κ2) is 12.3. The molecule has 1 aliphatic heterocycles. The van der Waals surface area contributed by atoms with E-state index >= 15 is 0 Å². The number of piperazine rings is 1. The van der Waals surface area contributed by atoms with Crippen molar-refractivity contribution in [2.24, 2.45) is 0 Å². The molecular formula is C25H29ClN6O4S. The number of nitrogens with one attached hydrogen (secondary N) is 1. The first-order valence-electron chi connectivity index (χ1n) is 12.0. The van der Waals surface area contributed by atoms with Crippen molar-refractivity contribution in [2.45, 2.75) is 25.3 Å². The second-order valence-electron chi connectivity index (χ2n) is 8.78. The van der Waals surface area contributed by atoms with E-state index in [1.165, 1.54) is 4.31 Å². The predicted molar refractivity (Wildman–Crippen MR) is 142 cm³/mol. The van der Waals surface area contributed by atoms with E-state index in [2.05, 4.69) is 20.3 Å². The number of benzene rings is 1. The van der Waals surface area contributed by atoms with Gasteiger partial charge in [-0.2, -0.15) is 4.31 Å². The van der Waals surface area contributed by atoms with Crippen molar-refractivity contribution >= 4 is 33.5 Å². The van der Waals surface area contributed by atoms with Crippen LogP contribution in [0.1, 0.15) is 18.7 Å². The fraction of sp³-hybridized carbons (Fsp3) is 0.360. The number of carbonyl (C=O) groups is 1. The summed E-state index contributed by atoms with van der Waals surface area (Å²) in [6.45, 7) is 1.60. The Labute approximate surface area is 221 Å². The summed E-state index contributed by atoms with van der Waals surface area (Å²) in [5, 5.41) is 12.2. The molecule has 1 unspecified atom stereocenters. The largest absolute Gasteiger partial charge is 0.465 e. The minimum absolute atomic E-state index is 0.289. The van der Waals surface area contributed by atoms with Crippen LogP contribution in [0.2, 0.25) is 5.02 Å². The van der Waals surface area contributed by atoms with Crippen molar-refractivity contribution in [3.05, 3.63) is 71.9 Å². The van der Waals surface area contributed by atoms with Gasteiger partial charge in [-0.25, -0.2) is 28.2 Å². The number of pyridine rings is 1. The molecule has 0 aliphatic carbocycles. The maximum atomic E-state index is 13.1. The summed E-state index contributed by atoms with van der Waals surface area (Å²) in [5.41, 5.74) is 1.98. The second-order valence-corrected chi connectivity index (χ2v) is 11.2. The first kappa shape index (κ1) is 26.8. The Morgan fingerprint density at radius 3 is 2.30 bits per heavy atom. The van der Waals surface area contributed by atoms with E-state index in [9.17, 15) is 18.3 Å². The van der Waals surface area contributed by atoms with Gasteiger partial charge in [0.25, 0.3) is 0 Å². The molecule has 1 fully saturated rings. The molecule has 10 nitrogen and oxygen atoms in total. The molecule has 0 saturated carbocycles. The minimum atomic E-state index is -3.66. The summed E-state index contributed by atoms with van der Waals surface area (Å²) in [5.74, 6) is 1.14. The Hall–Kier alpha value is -3.28. The molecule has 0 radical (unpaired) electrons. The third-order valence-corrected chi connectivity index (χ3v) is 8.42. The van der Waals surface area contributed by atoms with E-state index in [4.69, 9.17) is 11.6 Å². The van der Waals surface area contributed by atoms with Crippen LogP contribution >= 0.6 is 11.6 Å². The number of halogens is 1. The molecule has 1 amide bonds. The number of carboxylic acid groups (broad SMARTS) is 1. The van der Waals surface area contributed by atoms with Crippen LogP contribution in [-0.4, -0.2) is 76.8 Å². The standard InChI is InChI=1S/C25H29ClN6O4S/c26-21-8-5-19(6-9-21)20-7-10-24(29-17-20)31-13-15-32(16-14-31)37(35,36)18-22(30-25(33)34)3-1-4-23-27-11-2-12-28-23/h2,5-12,17,22,30H,1,3-4,13-16,18H2,(H,33,34). The fourth-order valence-electron chi connectivity index (χ4n) is 4.28. The molecule has 1 atom stereocenters. The zero-order valence-electron chi connectivity index (χ0n) is 20.2. The SMILES string of the molecule is O=C(O)NC(CCCc1ncccn1)CS(=O)(=O)N1CCN(c2ccc(-c3ccc(Cl)cc3)cn2)CC1. The van der Waals surface area contributed by atoms with Crippen LogP contribution in [0.4, 0.5) is 10.6 Å². The predicted octanol–water partition coefficient (Wildman–Crippen LogP) is 3.30. The van der Waals surface area contributed by atoms with Crippen molar-refractivity contribution in [1.29, 1.82) is 0 Å². The van der Waals surface area contributed by atoms with Crippen molar-refractivity contribution in [3.63, 3.8) is 0 Å². The molecule has 2 N–H and O–H groups in total. The molecular weight excluding hydrogens is 516 g/mol.